The summed E-state index contributed by atoms with van der Waals surface area (Å²) < 4.78 is 23.5. The van der Waals surface area contributed by atoms with Crippen LogP contribution in [0.1, 0.15) is 26.5 Å². The van der Waals surface area contributed by atoms with Gasteiger partial charge in [0.25, 0.3) is 5.91 Å². The van der Waals surface area contributed by atoms with Crippen molar-refractivity contribution in [1.82, 2.24) is 0 Å². The quantitative estimate of drug-likeness (QED) is 0.438. The van der Waals surface area contributed by atoms with E-state index < -0.39 is 5.97 Å². The number of nitrogens with one attached hydrogen (secondary N) is 1. The van der Waals surface area contributed by atoms with Crippen LogP contribution in [0.15, 0.2) is 66.0 Å². The van der Waals surface area contributed by atoms with Gasteiger partial charge in [-0.3, -0.25) is 4.79 Å². The largest absolute Gasteiger partial charge is 0.493 e. The maximum Gasteiger partial charge on any atom is 0.338 e. The molecule has 0 spiro atoms. The number of carbonyl (C=O) groups excluding carboxylic acids is 2. The summed E-state index contributed by atoms with van der Waals surface area (Å²) in [5, 5.41) is 4.58. The van der Waals surface area contributed by atoms with Crippen LogP contribution >= 0.6 is 11.3 Å². The van der Waals surface area contributed by atoms with Crippen molar-refractivity contribution in [2.45, 2.75) is 6.42 Å². The Hall–Kier alpha value is -3.19. The minimum atomic E-state index is -0.478. The topological polar surface area (TPSA) is 64.6 Å². The Bertz CT molecular complexity index is 926. The molecular weight excluding hydrogens is 381 g/mol. The molecule has 144 valence electrons. The predicted molar refractivity (Wildman–Crippen MR) is 106 cm³/mol. The fourth-order valence-corrected chi connectivity index (χ4v) is 2.97. The van der Waals surface area contributed by atoms with Gasteiger partial charge in [0.2, 0.25) is 0 Å². The maximum atomic E-state index is 12.8. The molecule has 28 heavy (non-hydrogen) atoms. The highest BCUT2D eigenvalue weighted by atomic mass is 32.1. The summed E-state index contributed by atoms with van der Waals surface area (Å²) in [6, 6.07) is 15.8. The number of anilines is 1. The van der Waals surface area contributed by atoms with Gasteiger partial charge < -0.3 is 14.8 Å². The van der Waals surface area contributed by atoms with Gasteiger partial charge in [0.1, 0.15) is 11.6 Å². The number of thiophene rings is 1. The van der Waals surface area contributed by atoms with Crippen LogP contribution in [0.25, 0.3) is 0 Å². The van der Waals surface area contributed by atoms with E-state index in [1.807, 2.05) is 5.38 Å². The second-order valence-electron chi connectivity index (χ2n) is 5.80. The van der Waals surface area contributed by atoms with E-state index in [1.165, 1.54) is 35.6 Å². The third kappa shape index (κ3) is 5.65. The lowest BCUT2D eigenvalue weighted by Gasteiger charge is -2.08. The zero-order valence-corrected chi connectivity index (χ0v) is 15.7. The average molecular weight is 399 g/mol. The molecule has 0 saturated heterocycles. The van der Waals surface area contributed by atoms with Crippen molar-refractivity contribution in [3.8, 4) is 5.75 Å². The van der Waals surface area contributed by atoms with Crippen LogP contribution in [0.5, 0.6) is 5.75 Å². The Kier molecular flexibility index (Phi) is 6.75. The molecule has 0 saturated carbocycles. The van der Waals surface area contributed by atoms with Crippen molar-refractivity contribution < 1.29 is 23.5 Å². The molecule has 0 bridgehead atoms. The predicted octanol–water partition coefficient (Wildman–Crippen LogP) is 4.77. The molecule has 0 fully saturated rings. The van der Waals surface area contributed by atoms with E-state index >= 15 is 0 Å². The summed E-state index contributed by atoms with van der Waals surface area (Å²) in [4.78, 5) is 24.8. The van der Waals surface area contributed by atoms with E-state index in [1.54, 1.807) is 36.4 Å². The van der Waals surface area contributed by atoms with Gasteiger partial charge in [0, 0.05) is 12.1 Å². The Morgan fingerprint density at radius 2 is 1.82 bits per heavy atom. The van der Waals surface area contributed by atoms with Crippen LogP contribution in [0.2, 0.25) is 0 Å². The van der Waals surface area contributed by atoms with Gasteiger partial charge in [-0.1, -0.05) is 12.1 Å². The van der Waals surface area contributed by atoms with Gasteiger partial charge in [0.05, 0.1) is 23.7 Å². The number of benzene rings is 2. The number of rotatable bonds is 8. The molecule has 1 N–H and O–H groups in total. The first-order valence-corrected chi connectivity index (χ1v) is 9.50. The van der Waals surface area contributed by atoms with E-state index in [4.69, 9.17) is 9.47 Å². The Morgan fingerprint density at radius 1 is 1.00 bits per heavy atom. The van der Waals surface area contributed by atoms with Crippen LogP contribution in [0, 0.1) is 5.82 Å². The number of ether oxygens (including phenoxy) is 2. The van der Waals surface area contributed by atoms with Crippen molar-refractivity contribution in [2.24, 2.45) is 0 Å². The minimum Gasteiger partial charge on any atom is -0.493 e. The first-order valence-electron chi connectivity index (χ1n) is 8.62. The van der Waals surface area contributed by atoms with E-state index in [0.717, 1.165) is 0 Å². The van der Waals surface area contributed by atoms with Gasteiger partial charge in [-0.15, -0.1) is 11.3 Å². The highest BCUT2D eigenvalue weighted by Crippen LogP contribution is 2.16. The highest BCUT2D eigenvalue weighted by Gasteiger charge is 2.11. The van der Waals surface area contributed by atoms with Crippen molar-refractivity contribution in [1.29, 1.82) is 0 Å². The van der Waals surface area contributed by atoms with Crippen LogP contribution in [0.4, 0.5) is 10.1 Å². The summed E-state index contributed by atoms with van der Waals surface area (Å²) in [5.41, 5.74) is 0.871. The van der Waals surface area contributed by atoms with Gasteiger partial charge in [-0.25, -0.2) is 9.18 Å². The fourth-order valence-electron chi connectivity index (χ4n) is 2.35. The number of esters is 1. The summed E-state index contributed by atoms with van der Waals surface area (Å²) in [7, 11) is 0. The number of carbonyl (C=O) groups is 2. The molecule has 5 nitrogen and oxygen atoms in total. The first-order chi connectivity index (χ1) is 13.6. The SMILES string of the molecule is O=C(OCCCOc1ccc(F)cc1)c1cccc(NC(=O)c2cccs2)c1. The minimum absolute atomic E-state index is 0.186. The van der Waals surface area contributed by atoms with Crippen molar-refractivity contribution in [3.63, 3.8) is 0 Å². The maximum absolute atomic E-state index is 12.8. The number of hydrogen-bond donors (Lipinski definition) is 1. The van der Waals surface area contributed by atoms with E-state index in [9.17, 15) is 14.0 Å². The summed E-state index contributed by atoms with van der Waals surface area (Å²) in [6.07, 6.45) is 0.498. The second kappa shape index (κ2) is 9.66. The lowest BCUT2D eigenvalue weighted by Crippen LogP contribution is -2.12. The zero-order chi connectivity index (χ0) is 19.8. The first kappa shape index (κ1) is 19.6. The Balaban J connectivity index is 1.44. The van der Waals surface area contributed by atoms with Crippen LogP contribution in [0.3, 0.4) is 0 Å². The Morgan fingerprint density at radius 3 is 2.57 bits per heavy atom. The van der Waals surface area contributed by atoms with Crippen LogP contribution < -0.4 is 10.1 Å². The molecule has 0 unspecified atom stereocenters. The third-order valence-corrected chi connectivity index (χ3v) is 4.57. The summed E-state index contributed by atoms with van der Waals surface area (Å²) >= 11 is 1.34. The molecule has 0 aliphatic rings. The van der Waals surface area contributed by atoms with Crippen LogP contribution in [-0.2, 0) is 4.74 Å². The third-order valence-electron chi connectivity index (χ3n) is 3.71. The molecule has 0 radical (unpaired) electrons. The molecule has 0 atom stereocenters. The molecule has 7 heteroatoms. The second-order valence-corrected chi connectivity index (χ2v) is 6.75. The Labute approximate surface area is 165 Å². The normalized spacial score (nSPS) is 10.3. The van der Waals surface area contributed by atoms with E-state index in [-0.39, 0.29) is 18.3 Å². The molecule has 0 aliphatic heterocycles. The van der Waals surface area contributed by atoms with Crippen molar-refractivity contribution in [3.05, 3.63) is 82.3 Å². The molecule has 3 rings (SSSR count). The molecule has 1 heterocycles. The number of halogens is 1. The van der Waals surface area contributed by atoms with Gasteiger partial charge in [0.15, 0.2) is 0 Å². The summed E-state index contributed by atoms with van der Waals surface area (Å²) in [6.45, 7) is 0.529. The van der Waals surface area contributed by atoms with Crippen LogP contribution in [-0.4, -0.2) is 25.1 Å². The molecular formula is C21H18FNO4S. The number of hydrogen-bond acceptors (Lipinski definition) is 5. The molecule has 1 aromatic heterocycles. The molecule has 1 amide bonds. The van der Waals surface area contributed by atoms with Gasteiger partial charge >= 0.3 is 5.97 Å². The lowest BCUT2D eigenvalue weighted by atomic mass is 10.2. The average Bonchev–Trinajstić information content (AvgIpc) is 3.24. The van der Waals surface area contributed by atoms with Gasteiger partial charge in [-0.2, -0.15) is 0 Å². The molecule has 2 aromatic carbocycles. The highest BCUT2D eigenvalue weighted by molar-refractivity contribution is 7.12. The number of amides is 1. The van der Waals surface area contributed by atoms with E-state index in [0.29, 0.717) is 34.9 Å². The van der Waals surface area contributed by atoms with Gasteiger partial charge in [-0.05, 0) is 53.9 Å². The van der Waals surface area contributed by atoms with Crippen molar-refractivity contribution >= 4 is 28.9 Å². The molecule has 3 aromatic rings. The zero-order valence-electron chi connectivity index (χ0n) is 14.9. The molecule has 0 aliphatic carbocycles. The summed E-state index contributed by atoms with van der Waals surface area (Å²) in [5.74, 6) is -0.468. The van der Waals surface area contributed by atoms with Crippen molar-refractivity contribution in [2.75, 3.05) is 18.5 Å². The standard InChI is InChI=1S/C21H18FNO4S/c22-16-7-9-18(10-8-16)26-11-3-12-27-21(25)15-4-1-5-17(14-15)23-20(24)19-6-2-13-28-19/h1-2,4-10,13-14H,3,11-12H2,(H,23,24). The smallest absolute Gasteiger partial charge is 0.338 e. The lowest BCUT2D eigenvalue weighted by molar-refractivity contribution is 0.0486. The van der Waals surface area contributed by atoms with E-state index in [2.05, 4.69) is 5.32 Å². The monoisotopic (exact) mass is 399 g/mol. The fraction of sp³-hybridized carbons (Fsp3) is 0.143.